The van der Waals surface area contributed by atoms with Crippen LogP contribution in [0.15, 0.2) is 188 Å². The van der Waals surface area contributed by atoms with Crippen LogP contribution in [0, 0.1) is 24.2 Å². The number of ether oxygens (including phenoxy) is 1. The zero-order chi connectivity index (χ0) is 48.3. The summed E-state index contributed by atoms with van der Waals surface area (Å²) >= 11 is 0. The van der Waals surface area contributed by atoms with Crippen molar-refractivity contribution in [3.8, 4) is 28.4 Å². The Morgan fingerprint density at radius 1 is 0.500 bits per heavy atom. The zero-order valence-electron chi connectivity index (χ0n) is 41.9. The average Bonchev–Trinajstić information content (AvgIpc) is 3.95. The van der Waals surface area contributed by atoms with Gasteiger partial charge in [0.05, 0.1) is 0 Å². The molecular formula is C64H61N4OPt-3. The van der Waals surface area contributed by atoms with Crippen molar-refractivity contribution in [2.45, 2.75) is 85.5 Å². The number of rotatable bonds is 10. The van der Waals surface area contributed by atoms with Crippen molar-refractivity contribution >= 4 is 33.2 Å². The molecule has 0 unspecified atom stereocenters. The van der Waals surface area contributed by atoms with E-state index in [9.17, 15) is 0 Å². The van der Waals surface area contributed by atoms with E-state index < -0.39 is 0 Å². The molecule has 0 amide bonds. The van der Waals surface area contributed by atoms with Gasteiger partial charge in [-0.15, -0.1) is 53.6 Å². The summed E-state index contributed by atoms with van der Waals surface area (Å²) in [6, 6.07) is 68.1. The van der Waals surface area contributed by atoms with E-state index in [2.05, 4.69) is 272 Å². The maximum atomic E-state index is 6.96. The van der Waals surface area contributed by atoms with Gasteiger partial charge < -0.3 is 19.1 Å². The van der Waals surface area contributed by atoms with E-state index in [1.165, 1.54) is 27.8 Å². The molecule has 0 atom stereocenters. The number of hydrogen-bond acceptors (Lipinski definition) is 4. The summed E-state index contributed by atoms with van der Waals surface area (Å²) in [5.41, 5.74) is 12.8. The van der Waals surface area contributed by atoms with Crippen LogP contribution < -0.4 is 14.5 Å². The minimum Gasteiger partial charge on any atom is -0.509 e. The molecule has 0 N–H and O–H groups in total. The summed E-state index contributed by atoms with van der Waals surface area (Å²) in [6.07, 6.45) is 4.18. The number of aromatic nitrogens is 2. The normalized spacial score (nSPS) is 13.4. The van der Waals surface area contributed by atoms with Crippen LogP contribution in [0.3, 0.4) is 0 Å². The Labute approximate surface area is 429 Å². The molecule has 1 aliphatic rings. The molecule has 0 spiro atoms. The quantitative estimate of drug-likeness (QED) is 0.128. The molecule has 9 aromatic rings. The molecule has 0 aliphatic carbocycles. The molecule has 0 radical (unpaired) electrons. The van der Waals surface area contributed by atoms with E-state index in [1.807, 2.05) is 12.3 Å². The van der Waals surface area contributed by atoms with Crippen LogP contribution in [0.1, 0.15) is 97.1 Å². The third-order valence-corrected chi connectivity index (χ3v) is 14.0. The molecule has 7 aromatic carbocycles. The van der Waals surface area contributed by atoms with Gasteiger partial charge in [0.2, 0.25) is 0 Å². The number of nitrogens with zero attached hydrogens (tertiary/aromatic N) is 4. The molecule has 0 fully saturated rings. The number of fused-ring (bicyclic) bond motifs is 3. The summed E-state index contributed by atoms with van der Waals surface area (Å²) in [5.74, 6) is 2.03. The Hall–Kier alpha value is -6.68. The summed E-state index contributed by atoms with van der Waals surface area (Å²) < 4.78 is 9.20. The van der Waals surface area contributed by atoms with Gasteiger partial charge in [0.1, 0.15) is 5.82 Å². The van der Waals surface area contributed by atoms with Crippen molar-refractivity contribution in [3.63, 3.8) is 0 Å². The Bertz CT molecular complexity index is 3360. The minimum absolute atomic E-state index is 0. The predicted octanol–water partition coefficient (Wildman–Crippen LogP) is 16.5. The van der Waals surface area contributed by atoms with Crippen molar-refractivity contribution in [3.05, 3.63) is 235 Å². The molecule has 3 heterocycles. The van der Waals surface area contributed by atoms with E-state index >= 15 is 0 Å². The first-order valence-electron chi connectivity index (χ1n) is 24.1. The van der Waals surface area contributed by atoms with E-state index in [-0.39, 0.29) is 42.7 Å². The van der Waals surface area contributed by atoms with E-state index in [0.717, 1.165) is 55.8 Å². The summed E-state index contributed by atoms with van der Waals surface area (Å²) in [4.78, 5) is 9.50. The van der Waals surface area contributed by atoms with Crippen LogP contribution in [0.5, 0.6) is 11.5 Å². The van der Waals surface area contributed by atoms with Gasteiger partial charge >= 0.3 is 0 Å². The number of hydrogen-bond donors (Lipinski definition) is 0. The van der Waals surface area contributed by atoms with Crippen molar-refractivity contribution < 1.29 is 25.8 Å². The molecule has 5 nitrogen and oxygen atoms in total. The Balaban J connectivity index is 0.00000608. The Kier molecular flexibility index (Phi) is 12.8. The summed E-state index contributed by atoms with van der Waals surface area (Å²) in [7, 11) is 0. The zero-order valence-corrected chi connectivity index (χ0v) is 44.2. The third kappa shape index (κ3) is 9.25. The topological polar surface area (TPSA) is 33.5 Å². The van der Waals surface area contributed by atoms with Gasteiger partial charge in [-0.1, -0.05) is 190 Å². The number of benzene rings is 7. The van der Waals surface area contributed by atoms with Gasteiger partial charge in [0, 0.05) is 71.9 Å². The number of anilines is 2. The SMILES string of the molecule is CC(C)(C)C1=CN(c2cccc(C(C)(C)c3ccccc3)c2)[CH-]N1c1[c-]c(Oc2[c-]c3c(cc2)c2cc(C(C)(C)c4ccccc4)ccc2n3-c2cc(C(C)(C)C)ccn2)cc(-c2ccccc2)c1.[Pt]. The molecule has 2 aromatic heterocycles. The molecule has 0 saturated carbocycles. The second kappa shape index (κ2) is 18.6. The van der Waals surface area contributed by atoms with Gasteiger partial charge in [0.25, 0.3) is 0 Å². The van der Waals surface area contributed by atoms with Crippen LogP contribution in [0.2, 0.25) is 0 Å². The largest absolute Gasteiger partial charge is 0.509 e. The molecule has 10 rings (SSSR count). The maximum absolute atomic E-state index is 6.96. The van der Waals surface area contributed by atoms with E-state index in [4.69, 9.17) is 9.72 Å². The average molecular weight is 1100 g/mol. The first-order chi connectivity index (χ1) is 32.9. The van der Waals surface area contributed by atoms with Gasteiger partial charge in [-0.2, -0.15) is 6.07 Å². The monoisotopic (exact) mass is 1100 g/mol. The van der Waals surface area contributed by atoms with Crippen LogP contribution in [0.4, 0.5) is 11.4 Å². The van der Waals surface area contributed by atoms with Crippen LogP contribution in [-0.2, 0) is 37.3 Å². The van der Waals surface area contributed by atoms with Crippen LogP contribution in [-0.4, -0.2) is 9.55 Å². The number of allylic oxidation sites excluding steroid dienone is 1. The fraction of sp³-hybridized carbons (Fsp3) is 0.219. The second-order valence-electron chi connectivity index (χ2n) is 21.6. The summed E-state index contributed by atoms with van der Waals surface area (Å²) in [5, 5.41) is 2.22. The van der Waals surface area contributed by atoms with Gasteiger partial charge in [-0.25, -0.2) is 4.98 Å². The first-order valence-corrected chi connectivity index (χ1v) is 24.1. The number of pyridine rings is 1. The molecule has 356 valence electrons. The fourth-order valence-electron chi connectivity index (χ4n) is 9.65. The Morgan fingerprint density at radius 3 is 1.77 bits per heavy atom. The first kappa shape index (κ1) is 48.3. The standard InChI is InChI=1S/C64H61N4O.Pt/c1-61(2,3)48-33-34-65-60(39-48)68-57-32-29-50(64(9,10)47-25-18-13-19-26-47)38-56(57)55-31-30-53(41-58(55)68)69-54-36-45(44-21-14-11-15-22-44)35-52(40-54)67-43-66(42-59(67)62(4,5)6)51-28-20-27-49(37-51)63(7,8)46-23-16-12-17-24-46;/h11-39,42-43H,1-10H3;/q-3;. The summed E-state index contributed by atoms with van der Waals surface area (Å²) in [6.45, 7) is 24.9. The molecule has 0 bridgehead atoms. The fourth-order valence-corrected chi connectivity index (χ4v) is 9.65. The van der Waals surface area contributed by atoms with E-state index in [1.54, 1.807) is 0 Å². The Morgan fingerprint density at radius 2 is 1.13 bits per heavy atom. The van der Waals surface area contributed by atoms with Crippen molar-refractivity contribution in [1.29, 1.82) is 0 Å². The van der Waals surface area contributed by atoms with Gasteiger partial charge in [0.15, 0.2) is 0 Å². The molecule has 0 saturated heterocycles. The molecule has 70 heavy (non-hydrogen) atoms. The van der Waals surface area contributed by atoms with Crippen molar-refractivity contribution in [2.24, 2.45) is 5.41 Å². The maximum Gasteiger partial charge on any atom is 0.135 e. The molecular weight excluding hydrogens is 1040 g/mol. The predicted molar refractivity (Wildman–Crippen MR) is 287 cm³/mol. The van der Waals surface area contributed by atoms with E-state index in [0.29, 0.717) is 11.5 Å². The molecule has 6 heteroatoms. The van der Waals surface area contributed by atoms with Gasteiger partial charge in [-0.05, 0) is 80.7 Å². The van der Waals surface area contributed by atoms with Crippen LogP contribution >= 0.6 is 0 Å². The molecule has 1 aliphatic heterocycles. The third-order valence-electron chi connectivity index (χ3n) is 14.0. The van der Waals surface area contributed by atoms with Gasteiger partial charge in [-0.3, -0.25) is 0 Å². The van der Waals surface area contributed by atoms with Crippen LogP contribution in [0.25, 0.3) is 38.8 Å². The second-order valence-corrected chi connectivity index (χ2v) is 21.6. The van der Waals surface area contributed by atoms with Crippen molar-refractivity contribution in [1.82, 2.24) is 9.55 Å². The minimum atomic E-state index is -0.215. The smallest absolute Gasteiger partial charge is 0.135 e. The van der Waals surface area contributed by atoms with Crippen molar-refractivity contribution in [2.75, 3.05) is 9.80 Å².